The van der Waals surface area contributed by atoms with Gasteiger partial charge < -0.3 is 10.8 Å². The van der Waals surface area contributed by atoms with Crippen LogP contribution in [0.3, 0.4) is 0 Å². The molecule has 1 aromatic carbocycles. The van der Waals surface area contributed by atoms with Gasteiger partial charge in [-0.05, 0) is 30.5 Å². The summed E-state index contributed by atoms with van der Waals surface area (Å²) in [6, 6.07) is 4.84. The second-order valence-electron chi connectivity index (χ2n) is 4.64. The average molecular weight is 251 g/mol. The number of rotatable bonds is 6. The van der Waals surface area contributed by atoms with Crippen LogP contribution in [0.5, 0.6) is 0 Å². The van der Waals surface area contributed by atoms with Gasteiger partial charge in [0.2, 0.25) is 0 Å². The summed E-state index contributed by atoms with van der Waals surface area (Å²) in [6.07, 6.45) is 2.27. The molecule has 5 heteroatoms. The summed E-state index contributed by atoms with van der Waals surface area (Å²) >= 11 is 0. The number of hydrogen-bond donors (Lipinski definition) is 3. The topological polar surface area (TPSA) is 73.3 Å². The number of benzene rings is 1. The van der Waals surface area contributed by atoms with E-state index in [1.807, 2.05) is 0 Å². The molecule has 0 aromatic heterocycles. The van der Waals surface area contributed by atoms with Crippen molar-refractivity contribution in [2.75, 3.05) is 13.2 Å². The van der Waals surface area contributed by atoms with Crippen molar-refractivity contribution in [2.24, 2.45) is 5.73 Å². The molecule has 0 radical (unpaired) electrons. The SMILES string of the molecule is N=C(N)c1cc(F)ccc1CN(CCO)C1CC1. The van der Waals surface area contributed by atoms with Crippen LogP contribution in [0.15, 0.2) is 18.2 Å². The van der Waals surface area contributed by atoms with Gasteiger partial charge in [-0.15, -0.1) is 0 Å². The van der Waals surface area contributed by atoms with Crippen LogP contribution in [0.25, 0.3) is 0 Å². The third-order valence-electron chi connectivity index (χ3n) is 3.19. The minimum atomic E-state index is -0.385. The van der Waals surface area contributed by atoms with Gasteiger partial charge in [-0.25, -0.2) is 4.39 Å². The minimum absolute atomic E-state index is 0.104. The third-order valence-corrected chi connectivity index (χ3v) is 3.19. The highest BCUT2D eigenvalue weighted by atomic mass is 19.1. The zero-order valence-corrected chi connectivity index (χ0v) is 10.2. The summed E-state index contributed by atoms with van der Waals surface area (Å²) in [7, 11) is 0. The largest absolute Gasteiger partial charge is 0.395 e. The molecule has 98 valence electrons. The Labute approximate surface area is 106 Å². The van der Waals surface area contributed by atoms with E-state index < -0.39 is 0 Å². The number of nitrogens with two attached hydrogens (primary N) is 1. The number of nitrogens with zero attached hydrogens (tertiary/aromatic N) is 1. The van der Waals surface area contributed by atoms with Gasteiger partial charge in [0, 0.05) is 24.7 Å². The standard InChI is InChI=1S/C13H18FN3O/c14-10-2-1-9(12(7-10)13(15)16)8-17(5-6-18)11-3-4-11/h1-2,7,11,18H,3-6,8H2,(H3,15,16). The predicted molar refractivity (Wildman–Crippen MR) is 67.9 cm³/mol. The summed E-state index contributed by atoms with van der Waals surface area (Å²) in [5, 5.41) is 16.5. The fourth-order valence-electron chi connectivity index (χ4n) is 2.11. The molecule has 1 aliphatic carbocycles. The molecule has 0 spiro atoms. The number of aliphatic hydroxyl groups is 1. The maximum Gasteiger partial charge on any atom is 0.123 e. The second-order valence-corrected chi connectivity index (χ2v) is 4.64. The van der Waals surface area contributed by atoms with Gasteiger partial charge in [0.05, 0.1) is 6.61 Å². The number of nitrogen functional groups attached to an aromatic ring is 1. The Balaban J connectivity index is 2.18. The fraction of sp³-hybridized carbons (Fsp3) is 0.462. The van der Waals surface area contributed by atoms with Crippen LogP contribution in [0.4, 0.5) is 4.39 Å². The molecule has 1 aliphatic rings. The molecule has 0 heterocycles. The first-order chi connectivity index (χ1) is 8.61. The molecule has 0 aliphatic heterocycles. The minimum Gasteiger partial charge on any atom is -0.395 e. The van der Waals surface area contributed by atoms with E-state index in [4.69, 9.17) is 16.2 Å². The molecular weight excluding hydrogens is 233 g/mol. The van der Waals surface area contributed by atoms with Crippen molar-refractivity contribution in [2.45, 2.75) is 25.4 Å². The Kier molecular flexibility index (Phi) is 3.93. The molecule has 4 N–H and O–H groups in total. The Bertz CT molecular complexity index is 446. The van der Waals surface area contributed by atoms with Crippen LogP contribution in [0.2, 0.25) is 0 Å². The van der Waals surface area contributed by atoms with E-state index >= 15 is 0 Å². The lowest BCUT2D eigenvalue weighted by atomic mass is 10.1. The van der Waals surface area contributed by atoms with Gasteiger partial charge >= 0.3 is 0 Å². The Morgan fingerprint density at radius 1 is 1.50 bits per heavy atom. The Hall–Kier alpha value is -1.46. The molecule has 0 bridgehead atoms. The highest BCUT2D eigenvalue weighted by molar-refractivity contribution is 5.96. The predicted octanol–water partition coefficient (Wildman–Crippen LogP) is 1.07. The van der Waals surface area contributed by atoms with Crippen molar-refractivity contribution in [1.29, 1.82) is 5.41 Å². The van der Waals surface area contributed by atoms with Gasteiger partial charge in [-0.2, -0.15) is 0 Å². The number of hydrogen-bond acceptors (Lipinski definition) is 3. The maximum atomic E-state index is 13.2. The quantitative estimate of drug-likeness (QED) is 0.523. The van der Waals surface area contributed by atoms with Crippen molar-refractivity contribution < 1.29 is 9.50 Å². The van der Waals surface area contributed by atoms with Crippen LogP contribution >= 0.6 is 0 Å². The molecule has 0 unspecified atom stereocenters. The first-order valence-corrected chi connectivity index (χ1v) is 6.09. The number of halogens is 1. The highest BCUT2D eigenvalue weighted by Crippen LogP contribution is 2.28. The first-order valence-electron chi connectivity index (χ1n) is 6.09. The fourth-order valence-corrected chi connectivity index (χ4v) is 2.11. The van der Waals surface area contributed by atoms with Crippen LogP contribution in [0.1, 0.15) is 24.0 Å². The number of aliphatic hydroxyl groups excluding tert-OH is 1. The second kappa shape index (κ2) is 5.46. The average Bonchev–Trinajstić information content (AvgIpc) is 3.14. The Morgan fingerprint density at radius 3 is 2.78 bits per heavy atom. The van der Waals surface area contributed by atoms with Gasteiger partial charge in [-0.1, -0.05) is 6.07 Å². The van der Waals surface area contributed by atoms with Crippen molar-refractivity contribution >= 4 is 5.84 Å². The van der Waals surface area contributed by atoms with Crippen molar-refractivity contribution in [3.8, 4) is 0 Å². The van der Waals surface area contributed by atoms with E-state index in [-0.39, 0.29) is 18.3 Å². The Morgan fingerprint density at radius 2 is 2.22 bits per heavy atom. The summed E-state index contributed by atoms with van der Waals surface area (Å²) < 4.78 is 13.2. The zero-order chi connectivity index (χ0) is 13.1. The monoisotopic (exact) mass is 251 g/mol. The highest BCUT2D eigenvalue weighted by Gasteiger charge is 2.29. The molecule has 1 aromatic rings. The summed E-state index contributed by atoms with van der Waals surface area (Å²) in [6.45, 7) is 1.30. The molecule has 18 heavy (non-hydrogen) atoms. The third kappa shape index (κ3) is 3.05. The van der Waals surface area contributed by atoms with Gasteiger partial charge in [0.15, 0.2) is 0 Å². The van der Waals surface area contributed by atoms with Crippen molar-refractivity contribution in [3.05, 3.63) is 35.1 Å². The zero-order valence-electron chi connectivity index (χ0n) is 10.2. The molecule has 0 amide bonds. The lowest BCUT2D eigenvalue weighted by Crippen LogP contribution is -2.30. The van der Waals surface area contributed by atoms with E-state index in [2.05, 4.69) is 4.90 Å². The van der Waals surface area contributed by atoms with Crippen LogP contribution in [-0.2, 0) is 6.54 Å². The summed E-state index contributed by atoms with van der Waals surface area (Å²) in [4.78, 5) is 2.15. The first kappa shape index (κ1) is 13.0. The van der Waals surface area contributed by atoms with E-state index in [1.54, 1.807) is 6.07 Å². The van der Waals surface area contributed by atoms with E-state index in [9.17, 15) is 4.39 Å². The van der Waals surface area contributed by atoms with Crippen LogP contribution in [-0.4, -0.2) is 35.0 Å². The molecule has 0 saturated heterocycles. The van der Waals surface area contributed by atoms with E-state index in [0.29, 0.717) is 24.7 Å². The normalized spacial score (nSPS) is 15.1. The van der Waals surface area contributed by atoms with Crippen molar-refractivity contribution in [3.63, 3.8) is 0 Å². The van der Waals surface area contributed by atoms with Crippen LogP contribution in [0, 0.1) is 11.2 Å². The van der Waals surface area contributed by atoms with Gasteiger partial charge in [0.25, 0.3) is 0 Å². The summed E-state index contributed by atoms with van der Waals surface area (Å²) in [5.41, 5.74) is 6.75. The molecule has 1 fully saturated rings. The summed E-state index contributed by atoms with van der Waals surface area (Å²) in [5.74, 6) is -0.506. The molecule has 1 saturated carbocycles. The molecular formula is C13H18FN3O. The smallest absolute Gasteiger partial charge is 0.123 e. The molecule has 4 nitrogen and oxygen atoms in total. The van der Waals surface area contributed by atoms with E-state index in [1.165, 1.54) is 12.1 Å². The lowest BCUT2D eigenvalue weighted by Gasteiger charge is -2.22. The van der Waals surface area contributed by atoms with E-state index in [0.717, 1.165) is 18.4 Å². The number of nitrogens with one attached hydrogen (secondary N) is 1. The maximum absolute atomic E-state index is 13.2. The lowest BCUT2D eigenvalue weighted by molar-refractivity contribution is 0.183. The molecule has 0 atom stereocenters. The van der Waals surface area contributed by atoms with Gasteiger partial charge in [-0.3, -0.25) is 10.3 Å². The number of amidine groups is 1. The van der Waals surface area contributed by atoms with Gasteiger partial charge in [0.1, 0.15) is 11.7 Å². The molecule has 2 rings (SSSR count). The van der Waals surface area contributed by atoms with Crippen LogP contribution < -0.4 is 5.73 Å². The van der Waals surface area contributed by atoms with Crippen molar-refractivity contribution in [1.82, 2.24) is 4.90 Å².